The summed E-state index contributed by atoms with van der Waals surface area (Å²) < 4.78 is 5.58. The molecule has 5 nitrogen and oxygen atoms in total. The Morgan fingerprint density at radius 1 is 1.03 bits per heavy atom. The zero-order valence-corrected chi connectivity index (χ0v) is 21.8. The molecule has 0 bridgehead atoms. The second kappa shape index (κ2) is 10.4. The van der Waals surface area contributed by atoms with Crippen LogP contribution < -0.4 is 5.32 Å². The fourth-order valence-electron chi connectivity index (χ4n) is 4.62. The van der Waals surface area contributed by atoms with Crippen LogP contribution in [-0.2, 0) is 17.6 Å². The van der Waals surface area contributed by atoms with Gasteiger partial charge in [0.25, 0.3) is 5.91 Å². The van der Waals surface area contributed by atoms with Crippen LogP contribution in [0.2, 0.25) is 5.02 Å². The summed E-state index contributed by atoms with van der Waals surface area (Å²) in [4.78, 5) is 32.8. The number of nitrogens with zero attached hydrogens (tertiary/aromatic N) is 1. The van der Waals surface area contributed by atoms with E-state index in [9.17, 15) is 9.59 Å². The van der Waals surface area contributed by atoms with Crippen molar-refractivity contribution in [2.75, 3.05) is 5.32 Å². The average molecular weight is 519 g/mol. The summed E-state index contributed by atoms with van der Waals surface area (Å²) in [5.74, 6) is -0.653. The van der Waals surface area contributed by atoms with Gasteiger partial charge < -0.3 is 10.1 Å². The lowest BCUT2D eigenvalue weighted by atomic mass is 10.0. The van der Waals surface area contributed by atoms with Gasteiger partial charge in [-0.15, -0.1) is 11.3 Å². The Morgan fingerprint density at radius 2 is 1.78 bits per heavy atom. The molecule has 2 aromatic carbocycles. The number of benzene rings is 2. The maximum Gasteiger partial charge on any atom is 0.341 e. The highest BCUT2D eigenvalue weighted by Crippen LogP contribution is 2.39. The van der Waals surface area contributed by atoms with Crippen molar-refractivity contribution >= 4 is 50.7 Å². The lowest BCUT2D eigenvalue weighted by Gasteiger charge is -2.13. The second-order valence-corrected chi connectivity index (χ2v) is 10.8. The first-order valence-electron chi connectivity index (χ1n) is 12.2. The molecular weight excluding hydrogens is 492 g/mol. The summed E-state index contributed by atoms with van der Waals surface area (Å²) in [6.45, 7) is 3.67. The monoisotopic (exact) mass is 518 g/mol. The van der Waals surface area contributed by atoms with Gasteiger partial charge in [0.2, 0.25) is 0 Å². The van der Waals surface area contributed by atoms with Gasteiger partial charge in [0.15, 0.2) is 0 Å². The van der Waals surface area contributed by atoms with Crippen molar-refractivity contribution < 1.29 is 14.3 Å². The molecule has 0 spiro atoms. The Balaban J connectivity index is 1.57. The van der Waals surface area contributed by atoms with Crippen LogP contribution in [0.25, 0.3) is 22.2 Å². The number of carbonyl (C=O) groups is 2. The van der Waals surface area contributed by atoms with Crippen molar-refractivity contribution in [3.8, 4) is 11.3 Å². The highest BCUT2D eigenvalue weighted by atomic mass is 35.5. The fraction of sp³-hybridized carbons (Fsp3) is 0.276. The van der Waals surface area contributed by atoms with E-state index >= 15 is 0 Å². The van der Waals surface area contributed by atoms with Gasteiger partial charge in [-0.25, -0.2) is 9.78 Å². The molecule has 5 rings (SSSR count). The van der Waals surface area contributed by atoms with E-state index in [1.807, 2.05) is 50.2 Å². The predicted octanol–water partition coefficient (Wildman–Crippen LogP) is 7.70. The summed E-state index contributed by atoms with van der Waals surface area (Å²) in [5.41, 5.74) is 4.30. The number of hydrogen-bond acceptors (Lipinski definition) is 5. The largest absolute Gasteiger partial charge is 0.459 e. The number of halogens is 1. The van der Waals surface area contributed by atoms with E-state index in [0.717, 1.165) is 54.1 Å². The number of esters is 1. The van der Waals surface area contributed by atoms with E-state index in [4.69, 9.17) is 21.3 Å². The maximum atomic E-state index is 13.7. The maximum absolute atomic E-state index is 13.7. The number of anilines is 1. The molecule has 1 aliphatic carbocycles. The normalized spacial score (nSPS) is 13.3. The summed E-state index contributed by atoms with van der Waals surface area (Å²) in [6, 6.07) is 16.8. The van der Waals surface area contributed by atoms with Crippen molar-refractivity contribution in [2.45, 2.75) is 52.1 Å². The molecule has 0 aliphatic heterocycles. The van der Waals surface area contributed by atoms with Gasteiger partial charge in [0.05, 0.1) is 28.4 Å². The van der Waals surface area contributed by atoms with E-state index in [1.165, 1.54) is 16.2 Å². The lowest BCUT2D eigenvalue weighted by molar-refractivity contribution is 0.0378. The molecule has 36 heavy (non-hydrogen) atoms. The third kappa shape index (κ3) is 5.01. The minimum absolute atomic E-state index is 0.242. The number of nitrogens with one attached hydrogen (secondary N) is 1. The van der Waals surface area contributed by atoms with Crippen LogP contribution in [-0.4, -0.2) is 23.0 Å². The number of para-hydroxylation sites is 1. The highest BCUT2D eigenvalue weighted by Gasteiger charge is 2.28. The summed E-state index contributed by atoms with van der Waals surface area (Å²) >= 11 is 7.57. The molecule has 1 aliphatic rings. The van der Waals surface area contributed by atoms with Crippen LogP contribution in [0, 0.1) is 0 Å². The fourth-order valence-corrected chi connectivity index (χ4v) is 6.02. The molecule has 4 aromatic rings. The highest BCUT2D eigenvalue weighted by molar-refractivity contribution is 7.17. The Morgan fingerprint density at radius 3 is 2.56 bits per heavy atom. The first-order valence-corrected chi connectivity index (χ1v) is 13.4. The zero-order valence-electron chi connectivity index (χ0n) is 20.3. The molecule has 1 amide bonds. The molecule has 0 fully saturated rings. The van der Waals surface area contributed by atoms with Crippen LogP contribution in [0.1, 0.15) is 64.3 Å². The predicted molar refractivity (Wildman–Crippen MR) is 146 cm³/mol. The molecule has 0 radical (unpaired) electrons. The Bertz CT molecular complexity index is 1440. The van der Waals surface area contributed by atoms with E-state index < -0.39 is 0 Å². The third-order valence-corrected chi connectivity index (χ3v) is 7.76. The van der Waals surface area contributed by atoms with Gasteiger partial charge in [0.1, 0.15) is 5.00 Å². The number of aryl methyl sites for hydroxylation is 1. The van der Waals surface area contributed by atoms with Crippen molar-refractivity contribution in [3.05, 3.63) is 81.2 Å². The van der Waals surface area contributed by atoms with Gasteiger partial charge in [-0.3, -0.25) is 4.79 Å². The molecule has 0 atom stereocenters. The number of hydrogen-bond donors (Lipinski definition) is 1. The zero-order chi connectivity index (χ0) is 25.2. The minimum atomic E-state index is -0.374. The van der Waals surface area contributed by atoms with Gasteiger partial charge in [-0.2, -0.15) is 0 Å². The number of amides is 1. The van der Waals surface area contributed by atoms with E-state index in [1.54, 1.807) is 18.2 Å². The van der Waals surface area contributed by atoms with Gasteiger partial charge in [0, 0.05) is 20.8 Å². The van der Waals surface area contributed by atoms with Gasteiger partial charge in [-0.05, 0) is 69.4 Å². The van der Waals surface area contributed by atoms with Crippen molar-refractivity contribution in [1.82, 2.24) is 4.98 Å². The van der Waals surface area contributed by atoms with E-state index in [2.05, 4.69) is 5.32 Å². The quantitative estimate of drug-likeness (QED) is 0.217. The first-order chi connectivity index (χ1) is 17.4. The smallest absolute Gasteiger partial charge is 0.341 e. The minimum Gasteiger partial charge on any atom is -0.459 e. The molecule has 0 unspecified atom stereocenters. The second-order valence-electron chi connectivity index (χ2n) is 9.26. The molecule has 2 heterocycles. The molecule has 7 heteroatoms. The van der Waals surface area contributed by atoms with Crippen LogP contribution in [0.5, 0.6) is 0 Å². The Kier molecular flexibility index (Phi) is 7.08. The number of fused-ring (bicyclic) bond motifs is 2. The molecule has 0 saturated heterocycles. The number of pyridine rings is 1. The van der Waals surface area contributed by atoms with Crippen molar-refractivity contribution in [3.63, 3.8) is 0 Å². The summed E-state index contributed by atoms with van der Waals surface area (Å²) in [5, 5.41) is 5.01. The van der Waals surface area contributed by atoms with Crippen LogP contribution in [0.15, 0.2) is 54.6 Å². The topological polar surface area (TPSA) is 68.3 Å². The van der Waals surface area contributed by atoms with Gasteiger partial charge >= 0.3 is 5.97 Å². The number of rotatable bonds is 5. The van der Waals surface area contributed by atoms with Crippen molar-refractivity contribution in [1.29, 1.82) is 0 Å². The van der Waals surface area contributed by atoms with E-state index in [0.29, 0.717) is 26.8 Å². The number of thiophene rings is 1. The number of ether oxygens (including phenoxy) is 1. The Hall–Kier alpha value is -3.22. The first kappa shape index (κ1) is 24.5. The van der Waals surface area contributed by atoms with Crippen LogP contribution in [0.3, 0.4) is 0 Å². The van der Waals surface area contributed by atoms with Crippen LogP contribution >= 0.6 is 22.9 Å². The third-order valence-electron chi connectivity index (χ3n) is 6.30. The van der Waals surface area contributed by atoms with Crippen LogP contribution in [0.4, 0.5) is 5.00 Å². The standard InChI is InChI=1S/C29H27ClN2O3S/c1-17(2)35-29(34)26-21-9-4-3-5-11-25(21)36-28(26)32-27(33)22-16-24(18-12-14-19(30)15-13-18)31-23-10-7-6-8-20(22)23/h6-8,10,12-17H,3-5,9,11H2,1-2H3,(H,32,33). The van der Waals surface area contributed by atoms with E-state index in [-0.39, 0.29) is 18.0 Å². The molecule has 2 aromatic heterocycles. The average Bonchev–Trinajstić information content (AvgIpc) is 3.03. The van der Waals surface area contributed by atoms with Crippen molar-refractivity contribution in [2.24, 2.45) is 0 Å². The molecular formula is C29H27ClN2O3S. The Labute approximate surface area is 219 Å². The van der Waals surface area contributed by atoms with Gasteiger partial charge in [-0.1, -0.05) is 48.4 Å². The molecule has 0 saturated carbocycles. The number of aromatic nitrogens is 1. The molecule has 184 valence electrons. The summed E-state index contributed by atoms with van der Waals surface area (Å²) in [6.07, 6.45) is 4.74. The SMILES string of the molecule is CC(C)OC(=O)c1c(NC(=O)c2cc(-c3ccc(Cl)cc3)nc3ccccc23)sc2c1CCCCC2. The molecule has 1 N–H and O–H groups in total. The number of carbonyl (C=O) groups excluding carboxylic acids is 2. The lowest BCUT2D eigenvalue weighted by Crippen LogP contribution is -2.18. The summed E-state index contributed by atoms with van der Waals surface area (Å²) in [7, 11) is 0.